The number of likely N-dealkylation sites (tertiary alicyclic amines) is 1. The molecule has 1 aliphatic heterocycles. The molecule has 0 spiro atoms. The number of ether oxygens (including phenoxy) is 1. The summed E-state index contributed by atoms with van der Waals surface area (Å²) in [5, 5.41) is 0. The van der Waals surface area contributed by atoms with Gasteiger partial charge in [0.2, 0.25) is 15.9 Å². The van der Waals surface area contributed by atoms with E-state index < -0.39 is 34.2 Å². The zero-order valence-electron chi connectivity index (χ0n) is 15.4. The lowest BCUT2D eigenvalue weighted by Gasteiger charge is -2.32. The molecule has 7 nitrogen and oxygen atoms in total. The van der Waals surface area contributed by atoms with Crippen LogP contribution in [0.5, 0.6) is 0 Å². The second-order valence-corrected chi connectivity index (χ2v) is 8.40. The van der Waals surface area contributed by atoms with E-state index in [9.17, 15) is 31.2 Å². The molecular weight excluding hydrogens is 401 g/mol. The number of carbonyl (C=O) groups excluding carboxylic acids is 2. The zero-order chi connectivity index (χ0) is 21.1. The summed E-state index contributed by atoms with van der Waals surface area (Å²) < 4.78 is 67.7. The standard InChI is InChI=1S/C17H21F3N2O5S/c1-27-16(24)12-7-9-21(10-8-12)15(23)11-22(28(2,25)26)14-5-3-13(4-6-14)17(18,19)20/h3-6,12H,7-11H2,1-2H3. The summed E-state index contributed by atoms with van der Waals surface area (Å²) >= 11 is 0. The van der Waals surface area contributed by atoms with E-state index in [1.165, 1.54) is 12.0 Å². The molecule has 1 aromatic carbocycles. The Kier molecular flexibility index (Phi) is 6.58. The van der Waals surface area contributed by atoms with Crippen molar-refractivity contribution in [1.29, 1.82) is 0 Å². The van der Waals surface area contributed by atoms with Crippen LogP contribution in [0.15, 0.2) is 24.3 Å². The van der Waals surface area contributed by atoms with Gasteiger partial charge in [0.15, 0.2) is 0 Å². The average molecular weight is 422 g/mol. The van der Waals surface area contributed by atoms with Gasteiger partial charge in [0.1, 0.15) is 6.54 Å². The molecule has 1 amide bonds. The number of carbonyl (C=O) groups is 2. The Hall–Kier alpha value is -2.30. The maximum Gasteiger partial charge on any atom is 0.416 e. The van der Waals surface area contributed by atoms with E-state index in [0.29, 0.717) is 12.8 Å². The molecule has 1 aliphatic rings. The molecule has 0 unspecified atom stereocenters. The van der Waals surface area contributed by atoms with Crippen LogP contribution in [-0.2, 0) is 30.5 Å². The molecule has 0 aromatic heterocycles. The van der Waals surface area contributed by atoms with Crippen molar-refractivity contribution < 1.29 is 35.9 Å². The van der Waals surface area contributed by atoms with Gasteiger partial charge in [-0.1, -0.05) is 0 Å². The summed E-state index contributed by atoms with van der Waals surface area (Å²) in [6.45, 7) is -0.000481. The van der Waals surface area contributed by atoms with E-state index in [1.54, 1.807) is 0 Å². The maximum absolute atomic E-state index is 12.7. The number of sulfonamides is 1. The van der Waals surface area contributed by atoms with Gasteiger partial charge < -0.3 is 9.64 Å². The third-order valence-electron chi connectivity index (χ3n) is 4.54. The first-order chi connectivity index (χ1) is 12.9. The lowest BCUT2D eigenvalue weighted by atomic mass is 9.97. The van der Waals surface area contributed by atoms with Crippen molar-refractivity contribution in [3.05, 3.63) is 29.8 Å². The molecule has 0 aliphatic carbocycles. The Labute approximate surface area is 161 Å². The number of esters is 1. The molecule has 0 saturated carbocycles. The molecule has 1 heterocycles. The van der Waals surface area contributed by atoms with Crippen molar-refractivity contribution in [2.24, 2.45) is 5.92 Å². The minimum atomic E-state index is -4.55. The fourth-order valence-corrected chi connectivity index (χ4v) is 3.82. The van der Waals surface area contributed by atoms with Gasteiger partial charge >= 0.3 is 12.1 Å². The van der Waals surface area contributed by atoms with Crippen LogP contribution in [0, 0.1) is 5.92 Å². The molecule has 0 bridgehead atoms. The van der Waals surface area contributed by atoms with Crippen LogP contribution in [0.2, 0.25) is 0 Å². The molecule has 0 N–H and O–H groups in total. The number of rotatable bonds is 5. The Morgan fingerprint density at radius 2 is 1.71 bits per heavy atom. The highest BCUT2D eigenvalue weighted by molar-refractivity contribution is 7.92. The largest absolute Gasteiger partial charge is 0.469 e. The molecule has 156 valence electrons. The van der Waals surface area contributed by atoms with Gasteiger partial charge in [-0.05, 0) is 37.1 Å². The number of nitrogens with zero attached hydrogens (tertiary/aromatic N) is 2. The van der Waals surface area contributed by atoms with Crippen LogP contribution >= 0.6 is 0 Å². The van der Waals surface area contributed by atoms with Crippen molar-refractivity contribution >= 4 is 27.6 Å². The molecule has 0 radical (unpaired) electrons. The summed E-state index contributed by atoms with van der Waals surface area (Å²) in [7, 11) is -2.61. The Balaban J connectivity index is 2.11. The average Bonchev–Trinajstić information content (AvgIpc) is 2.64. The van der Waals surface area contributed by atoms with Gasteiger partial charge in [0.05, 0.1) is 30.5 Å². The SMILES string of the molecule is COC(=O)C1CCN(C(=O)CN(c2ccc(C(F)(F)F)cc2)S(C)(=O)=O)CC1. The van der Waals surface area contributed by atoms with Crippen molar-refractivity contribution in [3.63, 3.8) is 0 Å². The quantitative estimate of drug-likeness (QED) is 0.677. The molecule has 11 heteroatoms. The first-order valence-electron chi connectivity index (χ1n) is 8.44. The number of alkyl halides is 3. The Bertz CT molecular complexity index is 816. The normalized spacial score (nSPS) is 16.0. The van der Waals surface area contributed by atoms with E-state index in [-0.39, 0.29) is 30.7 Å². The van der Waals surface area contributed by atoms with Gasteiger partial charge in [-0.15, -0.1) is 0 Å². The number of methoxy groups -OCH3 is 1. The molecule has 28 heavy (non-hydrogen) atoms. The molecule has 1 aromatic rings. The van der Waals surface area contributed by atoms with E-state index >= 15 is 0 Å². The second kappa shape index (κ2) is 8.38. The third kappa shape index (κ3) is 5.37. The van der Waals surface area contributed by atoms with E-state index in [0.717, 1.165) is 34.8 Å². The highest BCUT2D eigenvalue weighted by atomic mass is 32.2. The van der Waals surface area contributed by atoms with Gasteiger partial charge in [0, 0.05) is 13.1 Å². The minimum absolute atomic E-state index is 0.0340. The van der Waals surface area contributed by atoms with Crippen molar-refractivity contribution in [3.8, 4) is 0 Å². The second-order valence-electron chi connectivity index (χ2n) is 6.49. The monoisotopic (exact) mass is 422 g/mol. The van der Waals surface area contributed by atoms with Crippen LogP contribution in [0.3, 0.4) is 0 Å². The Morgan fingerprint density at radius 1 is 1.18 bits per heavy atom. The van der Waals surface area contributed by atoms with Crippen LogP contribution < -0.4 is 4.31 Å². The van der Waals surface area contributed by atoms with E-state index in [2.05, 4.69) is 4.74 Å². The lowest BCUT2D eigenvalue weighted by Crippen LogP contribution is -2.46. The van der Waals surface area contributed by atoms with Crippen LogP contribution in [0.25, 0.3) is 0 Å². The fraction of sp³-hybridized carbons (Fsp3) is 0.529. The smallest absolute Gasteiger partial charge is 0.416 e. The van der Waals surface area contributed by atoms with Gasteiger partial charge in [-0.2, -0.15) is 13.2 Å². The van der Waals surface area contributed by atoms with Crippen LogP contribution in [0.4, 0.5) is 18.9 Å². The number of piperidine rings is 1. The minimum Gasteiger partial charge on any atom is -0.469 e. The predicted octanol–water partition coefficient (Wildman–Crippen LogP) is 1.88. The number of halogens is 3. The Morgan fingerprint density at radius 3 is 2.14 bits per heavy atom. The van der Waals surface area contributed by atoms with Crippen molar-refractivity contribution in [1.82, 2.24) is 4.90 Å². The summed E-state index contributed by atoms with van der Waals surface area (Å²) in [6, 6.07) is 3.56. The van der Waals surface area contributed by atoms with Crippen LogP contribution in [0.1, 0.15) is 18.4 Å². The van der Waals surface area contributed by atoms with E-state index in [1.807, 2.05) is 0 Å². The summed E-state index contributed by atoms with van der Waals surface area (Å²) in [5.74, 6) is -1.15. The zero-order valence-corrected chi connectivity index (χ0v) is 16.2. The van der Waals surface area contributed by atoms with Crippen molar-refractivity contribution in [2.75, 3.05) is 37.3 Å². The lowest BCUT2D eigenvalue weighted by molar-refractivity contribution is -0.148. The van der Waals surface area contributed by atoms with Gasteiger partial charge in [0.25, 0.3) is 0 Å². The fourth-order valence-electron chi connectivity index (χ4n) is 2.97. The third-order valence-corrected chi connectivity index (χ3v) is 5.68. The predicted molar refractivity (Wildman–Crippen MR) is 95.0 cm³/mol. The molecule has 2 rings (SSSR count). The first-order valence-corrected chi connectivity index (χ1v) is 10.3. The highest BCUT2D eigenvalue weighted by Crippen LogP contribution is 2.31. The molecular formula is C17H21F3N2O5S. The number of benzene rings is 1. The number of hydrogen-bond donors (Lipinski definition) is 0. The van der Waals surface area contributed by atoms with Gasteiger partial charge in [-0.3, -0.25) is 13.9 Å². The first kappa shape index (κ1) is 22.0. The number of amides is 1. The molecule has 0 atom stereocenters. The number of anilines is 1. The maximum atomic E-state index is 12.7. The molecule has 1 saturated heterocycles. The van der Waals surface area contributed by atoms with Crippen molar-refractivity contribution in [2.45, 2.75) is 19.0 Å². The molecule has 1 fully saturated rings. The summed E-state index contributed by atoms with van der Waals surface area (Å²) in [4.78, 5) is 25.5. The summed E-state index contributed by atoms with van der Waals surface area (Å²) in [5.41, 5.74) is -0.950. The van der Waals surface area contributed by atoms with Gasteiger partial charge in [-0.25, -0.2) is 8.42 Å². The summed E-state index contributed by atoms with van der Waals surface area (Å²) in [6.07, 6.45) is -2.87. The topological polar surface area (TPSA) is 84.0 Å². The van der Waals surface area contributed by atoms with Crippen LogP contribution in [-0.4, -0.2) is 58.2 Å². The highest BCUT2D eigenvalue weighted by Gasteiger charge is 2.32. The van der Waals surface area contributed by atoms with E-state index in [4.69, 9.17) is 0 Å². The number of hydrogen-bond acceptors (Lipinski definition) is 5.